The average Bonchev–Trinajstić information content (AvgIpc) is 2.67. The lowest BCUT2D eigenvalue weighted by molar-refractivity contribution is -0.685. The maximum atomic E-state index is 11.9. The highest BCUT2D eigenvalue weighted by Gasteiger charge is 2.28. The van der Waals surface area contributed by atoms with Crippen molar-refractivity contribution < 1.29 is 14.2 Å². The van der Waals surface area contributed by atoms with E-state index in [1.807, 2.05) is 59.7 Å². The third kappa shape index (κ3) is 2.14. The van der Waals surface area contributed by atoms with Gasteiger partial charge in [-0.05, 0) is 13.8 Å². The van der Waals surface area contributed by atoms with E-state index in [1.165, 1.54) is 0 Å². The highest BCUT2D eigenvalue weighted by atomic mass is 16.5. The molecule has 0 radical (unpaired) electrons. The number of nitrogens with zero attached hydrogens (tertiary/aromatic N) is 2. The second-order valence-electron chi connectivity index (χ2n) is 4.06. The van der Waals surface area contributed by atoms with E-state index in [-0.39, 0.29) is 5.97 Å². The maximum Gasteiger partial charge on any atom is 0.406 e. The molecule has 0 aliphatic rings. The zero-order valence-electron chi connectivity index (χ0n) is 10.9. The minimum absolute atomic E-state index is 0.301. The molecule has 2 rings (SSSR count). The van der Waals surface area contributed by atoms with Crippen molar-refractivity contribution in [3.8, 4) is 5.69 Å². The van der Waals surface area contributed by atoms with Crippen LogP contribution in [0.2, 0.25) is 0 Å². The molecule has 1 aromatic heterocycles. The first-order chi connectivity index (χ1) is 8.65. The number of aryl methyl sites for hydroxylation is 1. The number of rotatable bonds is 3. The fourth-order valence-corrected chi connectivity index (χ4v) is 1.90. The summed E-state index contributed by atoms with van der Waals surface area (Å²) in [5, 5.41) is 0. The lowest BCUT2D eigenvalue weighted by Gasteiger charge is -2.01. The summed E-state index contributed by atoms with van der Waals surface area (Å²) in [5.74, 6) is -0.301. The molecule has 2 aromatic rings. The second-order valence-corrected chi connectivity index (χ2v) is 4.06. The van der Waals surface area contributed by atoms with Crippen LogP contribution in [0.15, 0.2) is 36.4 Å². The van der Waals surface area contributed by atoms with Gasteiger partial charge in [-0.15, -0.1) is 0 Å². The van der Waals surface area contributed by atoms with Gasteiger partial charge in [-0.3, -0.25) is 0 Å². The smallest absolute Gasteiger partial charge is 0.406 e. The molecule has 1 heterocycles. The third-order valence-electron chi connectivity index (χ3n) is 2.87. The topological polar surface area (TPSA) is 35.1 Å². The van der Waals surface area contributed by atoms with Crippen LogP contribution >= 0.6 is 0 Å². The average molecular weight is 245 g/mol. The van der Waals surface area contributed by atoms with E-state index >= 15 is 0 Å². The van der Waals surface area contributed by atoms with Crippen molar-refractivity contribution in [2.24, 2.45) is 7.05 Å². The van der Waals surface area contributed by atoms with E-state index in [9.17, 15) is 4.79 Å². The molecular formula is C14H17N2O2+. The Morgan fingerprint density at radius 3 is 2.61 bits per heavy atom. The molecule has 18 heavy (non-hydrogen) atoms. The van der Waals surface area contributed by atoms with Gasteiger partial charge in [-0.25, -0.2) is 4.79 Å². The lowest BCUT2D eigenvalue weighted by atomic mass is 10.3. The molecule has 0 unspecified atom stereocenters. The number of ether oxygens (including phenoxy) is 1. The third-order valence-corrected chi connectivity index (χ3v) is 2.87. The van der Waals surface area contributed by atoms with Gasteiger partial charge in [-0.1, -0.05) is 22.9 Å². The SMILES string of the molecule is CCOC(=O)c1cc(C)n(C)[n+]1-c1ccccc1. The van der Waals surface area contributed by atoms with Crippen LogP contribution in [0, 0.1) is 6.92 Å². The number of para-hydroxylation sites is 1. The van der Waals surface area contributed by atoms with E-state index in [4.69, 9.17) is 4.74 Å². The van der Waals surface area contributed by atoms with Gasteiger partial charge in [0.05, 0.1) is 19.3 Å². The number of hydrogen-bond acceptors (Lipinski definition) is 2. The van der Waals surface area contributed by atoms with Crippen molar-refractivity contribution in [2.75, 3.05) is 6.61 Å². The summed E-state index contributed by atoms with van der Waals surface area (Å²) < 4.78 is 8.87. The van der Waals surface area contributed by atoms with Crippen LogP contribution in [0.3, 0.4) is 0 Å². The molecule has 94 valence electrons. The molecule has 4 nitrogen and oxygen atoms in total. The van der Waals surface area contributed by atoms with Crippen LogP contribution in [-0.2, 0) is 11.8 Å². The van der Waals surface area contributed by atoms with Gasteiger partial charge in [0.1, 0.15) is 0 Å². The number of benzene rings is 1. The van der Waals surface area contributed by atoms with Crippen LogP contribution in [0.5, 0.6) is 0 Å². The van der Waals surface area contributed by atoms with Gasteiger partial charge in [0.2, 0.25) is 5.69 Å². The number of hydrogen-bond donors (Lipinski definition) is 0. The van der Waals surface area contributed by atoms with Crippen molar-refractivity contribution in [2.45, 2.75) is 13.8 Å². The highest BCUT2D eigenvalue weighted by molar-refractivity contribution is 5.86. The molecule has 0 bridgehead atoms. The first-order valence-corrected chi connectivity index (χ1v) is 5.96. The molecule has 0 fully saturated rings. The molecule has 4 heteroatoms. The van der Waals surface area contributed by atoms with E-state index in [0.29, 0.717) is 12.3 Å². The monoisotopic (exact) mass is 245 g/mol. The van der Waals surface area contributed by atoms with Gasteiger partial charge in [-0.2, -0.15) is 4.68 Å². The molecule has 1 aromatic carbocycles. The molecule has 0 spiro atoms. The predicted octanol–water partition coefficient (Wildman–Crippen LogP) is 1.79. The summed E-state index contributed by atoms with van der Waals surface area (Å²) in [6, 6.07) is 11.6. The van der Waals surface area contributed by atoms with Crippen molar-refractivity contribution in [1.82, 2.24) is 4.68 Å². The standard InChI is InChI=1S/C14H17N2O2/c1-4-18-14(17)13-10-11(2)15(3)16(13)12-8-6-5-7-9-12/h5-10H,4H2,1-3H3/q+1. The largest absolute Gasteiger partial charge is 0.458 e. The fourth-order valence-electron chi connectivity index (χ4n) is 1.90. The normalized spacial score (nSPS) is 10.4. The molecule has 0 aliphatic carbocycles. The van der Waals surface area contributed by atoms with Crippen molar-refractivity contribution in [3.63, 3.8) is 0 Å². The Hall–Kier alpha value is -2.10. The second kappa shape index (κ2) is 5.04. The molecule has 0 amide bonds. The predicted molar refractivity (Wildman–Crippen MR) is 67.6 cm³/mol. The van der Waals surface area contributed by atoms with E-state index in [0.717, 1.165) is 11.4 Å². The fraction of sp³-hybridized carbons (Fsp3) is 0.286. The van der Waals surface area contributed by atoms with Gasteiger partial charge in [0, 0.05) is 18.2 Å². The van der Waals surface area contributed by atoms with Gasteiger partial charge < -0.3 is 4.74 Å². The first kappa shape index (κ1) is 12.4. The van der Waals surface area contributed by atoms with Crippen LogP contribution in [-0.4, -0.2) is 17.3 Å². The summed E-state index contributed by atoms with van der Waals surface area (Å²) >= 11 is 0. The quantitative estimate of drug-likeness (QED) is 0.610. The number of carbonyl (C=O) groups excluding carboxylic acids is 1. The molecule has 0 N–H and O–H groups in total. The highest BCUT2D eigenvalue weighted by Crippen LogP contribution is 2.07. The summed E-state index contributed by atoms with van der Waals surface area (Å²) in [4.78, 5) is 11.9. The van der Waals surface area contributed by atoms with Crippen LogP contribution in [0.1, 0.15) is 23.1 Å². The minimum Gasteiger partial charge on any atom is -0.458 e. The minimum atomic E-state index is -0.301. The first-order valence-electron chi connectivity index (χ1n) is 5.96. The Kier molecular flexibility index (Phi) is 3.46. The number of carbonyl (C=O) groups is 1. The van der Waals surface area contributed by atoms with Crippen molar-refractivity contribution in [1.29, 1.82) is 0 Å². The van der Waals surface area contributed by atoms with E-state index in [1.54, 1.807) is 6.92 Å². The number of esters is 1. The lowest BCUT2D eigenvalue weighted by Crippen LogP contribution is -2.44. The van der Waals surface area contributed by atoms with Crippen LogP contribution < -0.4 is 4.68 Å². The molecule has 0 saturated heterocycles. The molecular weight excluding hydrogens is 228 g/mol. The Labute approximate surface area is 106 Å². The Morgan fingerprint density at radius 1 is 1.33 bits per heavy atom. The summed E-state index contributed by atoms with van der Waals surface area (Å²) in [5.41, 5.74) is 2.49. The zero-order chi connectivity index (χ0) is 13.1. The molecule has 0 saturated carbocycles. The number of aromatic nitrogens is 2. The van der Waals surface area contributed by atoms with Crippen LogP contribution in [0.4, 0.5) is 0 Å². The molecule has 0 aliphatic heterocycles. The summed E-state index contributed by atoms with van der Waals surface area (Å²) in [7, 11) is 1.92. The van der Waals surface area contributed by atoms with E-state index < -0.39 is 0 Å². The maximum absolute atomic E-state index is 11.9. The van der Waals surface area contributed by atoms with Crippen molar-refractivity contribution in [3.05, 3.63) is 47.8 Å². The Balaban J connectivity index is 2.55. The van der Waals surface area contributed by atoms with Gasteiger partial charge in [0.25, 0.3) is 0 Å². The Bertz CT molecular complexity index is 559. The zero-order valence-corrected chi connectivity index (χ0v) is 10.9. The summed E-state index contributed by atoms with van der Waals surface area (Å²) in [6.45, 7) is 4.14. The van der Waals surface area contributed by atoms with Crippen molar-refractivity contribution >= 4 is 5.97 Å². The van der Waals surface area contributed by atoms with E-state index in [2.05, 4.69) is 0 Å². The molecule has 0 atom stereocenters. The van der Waals surface area contributed by atoms with Crippen LogP contribution in [0.25, 0.3) is 5.69 Å². The Morgan fingerprint density at radius 2 is 2.00 bits per heavy atom. The van der Waals surface area contributed by atoms with Gasteiger partial charge in [0.15, 0.2) is 0 Å². The summed E-state index contributed by atoms with van der Waals surface area (Å²) in [6.07, 6.45) is 0. The van der Waals surface area contributed by atoms with Gasteiger partial charge >= 0.3 is 11.7 Å².